The number of carbonyl (C=O) groups excluding carboxylic acids is 1. The first-order chi connectivity index (χ1) is 9.67. The van der Waals surface area contributed by atoms with Crippen molar-refractivity contribution in [3.8, 4) is 0 Å². The van der Waals surface area contributed by atoms with Gasteiger partial charge < -0.3 is 9.88 Å². The van der Waals surface area contributed by atoms with Gasteiger partial charge in [0.05, 0.1) is 21.9 Å². The monoisotopic (exact) mass is 313 g/mol. The Hall–Kier alpha value is -1.26. The van der Waals surface area contributed by atoms with Crippen LogP contribution in [0.25, 0.3) is 11.0 Å². The minimum absolute atomic E-state index is 0.0290. The van der Waals surface area contributed by atoms with Crippen LogP contribution in [0.5, 0.6) is 0 Å². The number of fused-ring (bicyclic) bond motifs is 1. The molecular formula is C14H17Cl2N3O. The number of hydrogen-bond acceptors (Lipinski definition) is 2. The van der Waals surface area contributed by atoms with Crippen molar-refractivity contribution in [2.75, 3.05) is 6.54 Å². The molecule has 1 heterocycles. The van der Waals surface area contributed by atoms with Crippen molar-refractivity contribution < 1.29 is 4.79 Å². The van der Waals surface area contributed by atoms with Gasteiger partial charge in [-0.2, -0.15) is 0 Å². The summed E-state index contributed by atoms with van der Waals surface area (Å²) in [6, 6.07) is 5.57. The lowest BCUT2D eigenvalue weighted by Gasteiger charge is -2.09. The number of imidazole rings is 1. The number of rotatable bonds is 6. The minimum atomic E-state index is 0.0290. The van der Waals surface area contributed by atoms with Crippen LogP contribution in [-0.2, 0) is 17.2 Å². The highest BCUT2D eigenvalue weighted by Gasteiger charge is 2.13. The van der Waals surface area contributed by atoms with Gasteiger partial charge in [-0.1, -0.05) is 24.6 Å². The summed E-state index contributed by atoms with van der Waals surface area (Å²) in [7, 11) is 0. The van der Waals surface area contributed by atoms with E-state index in [1.54, 1.807) is 0 Å². The quantitative estimate of drug-likeness (QED) is 0.831. The van der Waals surface area contributed by atoms with E-state index in [2.05, 4.69) is 10.3 Å². The van der Waals surface area contributed by atoms with Gasteiger partial charge in [0.25, 0.3) is 0 Å². The predicted molar refractivity (Wildman–Crippen MR) is 82.2 cm³/mol. The lowest BCUT2D eigenvalue weighted by molar-refractivity contribution is -0.121. The molecule has 0 bridgehead atoms. The minimum Gasteiger partial charge on any atom is -0.356 e. The van der Waals surface area contributed by atoms with E-state index in [9.17, 15) is 4.79 Å². The molecule has 20 heavy (non-hydrogen) atoms. The average molecular weight is 314 g/mol. The topological polar surface area (TPSA) is 46.9 Å². The number of nitrogens with one attached hydrogen (secondary N) is 1. The number of amides is 1. The zero-order valence-corrected chi connectivity index (χ0v) is 12.8. The maximum absolute atomic E-state index is 11.7. The molecule has 2 rings (SSSR count). The molecule has 0 spiro atoms. The van der Waals surface area contributed by atoms with E-state index in [1.807, 2.05) is 29.7 Å². The van der Waals surface area contributed by atoms with Gasteiger partial charge in [0.2, 0.25) is 5.91 Å². The fourth-order valence-corrected chi connectivity index (χ4v) is 2.57. The van der Waals surface area contributed by atoms with Crippen molar-refractivity contribution in [2.24, 2.45) is 0 Å². The third-order valence-electron chi connectivity index (χ3n) is 3.05. The summed E-state index contributed by atoms with van der Waals surface area (Å²) in [5.41, 5.74) is 1.65. The van der Waals surface area contributed by atoms with E-state index in [0.717, 1.165) is 23.3 Å². The number of carbonyl (C=O) groups is 1. The third-order valence-corrected chi connectivity index (χ3v) is 3.59. The second-order valence-electron chi connectivity index (χ2n) is 4.52. The van der Waals surface area contributed by atoms with Gasteiger partial charge in [0.1, 0.15) is 5.82 Å². The Morgan fingerprint density at radius 1 is 1.45 bits per heavy atom. The molecule has 4 nitrogen and oxygen atoms in total. The van der Waals surface area contributed by atoms with Crippen LogP contribution in [0.4, 0.5) is 0 Å². The molecule has 0 saturated carbocycles. The van der Waals surface area contributed by atoms with Gasteiger partial charge in [-0.3, -0.25) is 4.79 Å². The molecule has 0 radical (unpaired) electrons. The van der Waals surface area contributed by atoms with Crippen molar-refractivity contribution >= 4 is 40.1 Å². The van der Waals surface area contributed by atoms with Crippen LogP contribution >= 0.6 is 23.2 Å². The van der Waals surface area contributed by atoms with E-state index < -0.39 is 0 Å². The van der Waals surface area contributed by atoms with Gasteiger partial charge >= 0.3 is 0 Å². The third kappa shape index (κ3) is 3.25. The molecule has 0 aliphatic rings. The summed E-state index contributed by atoms with van der Waals surface area (Å²) in [5, 5.41) is 3.48. The van der Waals surface area contributed by atoms with E-state index in [-0.39, 0.29) is 5.91 Å². The second kappa shape index (κ2) is 6.95. The van der Waals surface area contributed by atoms with Crippen molar-refractivity contribution in [3.63, 3.8) is 0 Å². The van der Waals surface area contributed by atoms with Crippen molar-refractivity contribution in [1.82, 2.24) is 14.9 Å². The first kappa shape index (κ1) is 15.1. The van der Waals surface area contributed by atoms with Crippen LogP contribution in [0.2, 0.25) is 5.02 Å². The first-order valence-corrected chi connectivity index (χ1v) is 7.55. The molecule has 0 atom stereocenters. The Labute approximate surface area is 128 Å². The SMILES string of the molecule is CCCNC(=O)CCn1c(CCl)nc2cccc(Cl)c21. The van der Waals surface area contributed by atoms with Gasteiger partial charge in [0.15, 0.2) is 0 Å². The zero-order chi connectivity index (χ0) is 14.5. The van der Waals surface area contributed by atoms with Gasteiger partial charge in [-0.05, 0) is 18.6 Å². The van der Waals surface area contributed by atoms with Gasteiger partial charge in [0, 0.05) is 19.5 Å². The van der Waals surface area contributed by atoms with Crippen LogP contribution < -0.4 is 5.32 Å². The van der Waals surface area contributed by atoms with E-state index in [4.69, 9.17) is 23.2 Å². The van der Waals surface area contributed by atoms with Crippen molar-refractivity contribution in [3.05, 3.63) is 29.0 Å². The smallest absolute Gasteiger partial charge is 0.221 e. The molecule has 108 valence electrons. The molecule has 6 heteroatoms. The number of hydrogen-bond donors (Lipinski definition) is 1. The molecule has 2 aromatic rings. The Bertz CT molecular complexity index is 610. The lowest BCUT2D eigenvalue weighted by Crippen LogP contribution is -2.25. The fourth-order valence-electron chi connectivity index (χ4n) is 2.10. The number of halogens is 2. The number of aryl methyl sites for hydroxylation is 1. The average Bonchev–Trinajstić information content (AvgIpc) is 2.82. The highest BCUT2D eigenvalue weighted by atomic mass is 35.5. The summed E-state index contributed by atoms with van der Waals surface area (Å²) >= 11 is 12.2. The molecule has 0 unspecified atom stereocenters. The van der Waals surface area contributed by atoms with Crippen LogP contribution in [0.1, 0.15) is 25.6 Å². The van der Waals surface area contributed by atoms with E-state index >= 15 is 0 Å². The Balaban J connectivity index is 2.22. The molecule has 1 aromatic heterocycles. The zero-order valence-electron chi connectivity index (χ0n) is 11.3. The molecule has 1 N–H and O–H groups in total. The molecule has 1 amide bonds. The Kier molecular flexibility index (Phi) is 5.26. The number of aromatic nitrogens is 2. The highest BCUT2D eigenvalue weighted by Crippen LogP contribution is 2.25. The van der Waals surface area contributed by atoms with E-state index in [0.29, 0.717) is 30.4 Å². The summed E-state index contributed by atoms with van der Waals surface area (Å²) in [6.45, 7) is 3.25. The number of benzene rings is 1. The number of para-hydroxylation sites is 1. The largest absolute Gasteiger partial charge is 0.356 e. The highest BCUT2D eigenvalue weighted by molar-refractivity contribution is 6.35. The van der Waals surface area contributed by atoms with E-state index in [1.165, 1.54) is 0 Å². The predicted octanol–water partition coefficient (Wildman–Crippen LogP) is 3.34. The molecule has 0 aliphatic carbocycles. The van der Waals surface area contributed by atoms with Gasteiger partial charge in [-0.25, -0.2) is 4.98 Å². The lowest BCUT2D eigenvalue weighted by atomic mass is 10.3. The molecule has 0 saturated heterocycles. The second-order valence-corrected chi connectivity index (χ2v) is 5.20. The van der Waals surface area contributed by atoms with Crippen LogP contribution in [0.3, 0.4) is 0 Å². The van der Waals surface area contributed by atoms with Gasteiger partial charge in [-0.15, -0.1) is 11.6 Å². The summed E-state index contributed by atoms with van der Waals surface area (Å²) in [5.74, 6) is 1.06. The molecule has 1 aromatic carbocycles. The number of nitrogens with zero attached hydrogens (tertiary/aromatic N) is 2. The summed E-state index contributed by atoms with van der Waals surface area (Å²) < 4.78 is 1.93. The van der Waals surface area contributed by atoms with Crippen molar-refractivity contribution in [1.29, 1.82) is 0 Å². The standard InChI is InChI=1S/C14H17Cl2N3O/c1-2-7-17-13(20)6-8-19-12(9-15)18-11-5-3-4-10(16)14(11)19/h3-5H,2,6-9H2,1H3,(H,17,20). The Morgan fingerprint density at radius 3 is 2.95 bits per heavy atom. The van der Waals surface area contributed by atoms with Crippen molar-refractivity contribution in [2.45, 2.75) is 32.2 Å². The molecular weight excluding hydrogens is 297 g/mol. The maximum atomic E-state index is 11.7. The van der Waals surface area contributed by atoms with Crippen LogP contribution in [-0.4, -0.2) is 22.0 Å². The normalized spacial score (nSPS) is 10.9. The Morgan fingerprint density at radius 2 is 2.25 bits per heavy atom. The maximum Gasteiger partial charge on any atom is 0.221 e. The summed E-state index contributed by atoms with van der Waals surface area (Å²) in [6.07, 6.45) is 1.32. The van der Waals surface area contributed by atoms with Crippen LogP contribution in [0.15, 0.2) is 18.2 Å². The molecule has 0 fully saturated rings. The first-order valence-electron chi connectivity index (χ1n) is 6.63. The van der Waals surface area contributed by atoms with Crippen LogP contribution in [0, 0.1) is 0 Å². The summed E-state index contributed by atoms with van der Waals surface area (Å²) in [4.78, 5) is 16.2. The number of alkyl halides is 1. The molecule has 0 aliphatic heterocycles. The fraction of sp³-hybridized carbons (Fsp3) is 0.429.